The van der Waals surface area contributed by atoms with Gasteiger partial charge in [-0.2, -0.15) is 0 Å². The predicted molar refractivity (Wildman–Crippen MR) is 162 cm³/mol. The van der Waals surface area contributed by atoms with E-state index in [0.717, 1.165) is 10.5 Å². The van der Waals surface area contributed by atoms with Gasteiger partial charge in [0.1, 0.15) is 0 Å². The number of anilines is 1. The number of ether oxygens (including phenoxy) is 1. The van der Waals surface area contributed by atoms with Crippen LogP contribution in [0.15, 0.2) is 91.0 Å². The number of nitro groups is 1. The van der Waals surface area contributed by atoms with Crippen LogP contribution in [-0.2, 0) is 4.74 Å². The number of nitro benzene ring substituents is 1. The summed E-state index contributed by atoms with van der Waals surface area (Å²) in [6, 6.07) is 24.3. The molecule has 216 valence electrons. The van der Waals surface area contributed by atoms with Gasteiger partial charge in [-0.25, -0.2) is 14.7 Å². The molecule has 1 aliphatic rings. The summed E-state index contributed by atoms with van der Waals surface area (Å²) >= 11 is 0. The largest absolute Gasteiger partial charge is 0.454 e. The summed E-state index contributed by atoms with van der Waals surface area (Å²) in [6.45, 7) is 2.81. The Kier molecular flexibility index (Phi) is 7.02. The third-order valence-electron chi connectivity index (χ3n) is 7.54. The molecule has 44 heavy (non-hydrogen) atoms. The summed E-state index contributed by atoms with van der Waals surface area (Å²) in [5.74, 6) is -2.16. The lowest BCUT2D eigenvalue weighted by molar-refractivity contribution is -0.385. The summed E-state index contributed by atoms with van der Waals surface area (Å²) in [6.07, 6.45) is 0. The predicted octanol–water partition coefficient (Wildman–Crippen LogP) is 6.27. The van der Waals surface area contributed by atoms with E-state index in [0.29, 0.717) is 44.5 Å². The normalized spacial score (nSPS) is 12.4. The van der Waals surface area contributed by atoms with Gasteiger partial charge in [-0.3, -0.25) is 24.5 Å². The summed E-state index contributed by atoms with van der Waals surface area (Å²) in [5, 5.41) is 11.8. The molecule has 0 bridgehead atoms. The maximum absolute atomic E-state index is 13.3. The zero-order chi connectivity index (χ0) is 31.1. The van der Waals surface area contributed by atoms with Crippen LogP contribution in [0.3, 0.4) is 0 Å². The van der Waals surface area contributed by atoms with E-state index in [2.05, 4.69) is 0 Å². The highest BCUT2D eigenvalue weighted by Crippen LogP contribution is 2.32. The number of rotatable bonds is 7. The van der Waals surface area contributed by atoms with Crippen molar-refractivity contribution in [2.75, 3.05) is 11.5 Å². The van der Waals surface area contributed by atoms with Gasteiger partial charge in [-0.15, -0.1) is 0 Å². The second-order valence-corrected chi connectivity index (χ2v) is 10.3. The number of amides is 2. The fourth-order valence-electron chi connectivity index (χ4n) is 5.19. The molecule has 0 saturated heterocycles. The number of esters is 1. The van der Waals surface area contributed by atoms with Crippen molar-refractivity contribution in [1.29, 1.82) is 0 Å². The monoisotopic (exact) mass is 585 g/mol. The first-order valence-corrected chi connectivity index (χ1v) is 13.6. The Bertz CT molecular complexity index is 2020. The molecule has 0 unspecified atom stereocenters. The molecule has 4 aromatic carbocycles. The fraction of sp³-hybridized carbons (Fsp3) is 0.0882. The minimum absolute atomic E-state index is 0.0596. The van der Waals surface area contributed by atoms with Crippen molar-refractivity contribution >= 4 is 45.8 Å². The van der Waals surface area contributed by atoms with Crippen LogP contribution in [0.4, 0.5) is 11.4 Å². The van der Waals surface area contributed by atoms with Crippen LogP contribution in [0.25, 0.3) is 22.2 Å². The number of aryl methyl sites for hydroxylation is 2. The molecule has 0 spiro atoms. The molecular weight excluding hydrogens is 562 g/mol. The topological polar surface area (TPSA) is 137 Å². The molecule has 0 aliphatic carbocycles. The van der Waals surface area contributed by atoms with Crippen molar-refractivity contribution in [1.82, 2.24) is 4.98 Å². The van der Waals surface area contributed by atoms with Crippen LogP contribution in [0.2, 0.25) is 0 Å². The molecule has 2 amide bonds. The van der Waals surface area contributed by atoms with Crippen LogP contribution >= 0.6 is 0 Å². The van der Waals surface area contributed by atoms with E-state index < -0.39 is 35.1 Å². The van der Waals surface area contributed by atoms with E-state index >= 15 is 0 Å². The minimum atomic E-state index is -0.762. The molecule has 0 N–H and O–H groups in total. The van der Waals surface area contributed by atoms with Crippen molar-refractivity contribution in [3.63, 3.8) is 0 Å². The second-order valence-electron chi connectivity index (χ2n) is 10.3. The highest BCUT2D eigenvalue weighted by Gasteiger charge is 2.36. The molecule has 0 atom stereocenters. The highest BCUT2D eigenvalue weighted by atomic mass is 16.6. The van der Waals surface area contributed by atoms with Crippen molar-refractivity contribution < 1.29 is 28.8 Å². The van der Waals surface area contributed by atoms with E-state index in [1.165, 1.54) is 18.2 Å². The number of pyridine rings is 1. The van der Waals surface area contributed by atoms with E-state index in [9.17, 15) is 29.3 Å². The van der Waals surface area contributed by atoms with E-state index in [-0.39, 0.29) is 16.8 Å². The van der Waals surface area contributed by atoms with Gasteiger partial charge in [0.05, 0.1) is 38.5 Å². The van der Waals surface area contributed by atoms with Gasteiger partial charge >= 0.3 is 5.97 Å². The quantitative estimate of drug-likeness (QED) is 0.0717. The Hall–Kier alpha value is -6.03. The number of fused-ring (bicyclic) bond motifs is 2. The number of carbonyl (C=O) groups excluding carboxylic acids is 4. The van der Waals surface area contributed by atoms with Crippen LogP contribution in [0.5, 0.6) is 0 Å². The molecule has 5 aromatic rings. The lowest BCUT2D eigenvalue weighted by atomic mass is 10.0. The van der Waals surface area contributed by atoms with Gasteiger partial charge < -0.3 is 4.74 Å². The first-order chi connectivity index (χ1) is 21.1. The van der Waals surface area contributed by atoms with Gasteiger partial charge in [0, 0.05) is 28.1 Å². The van der Waals surface area contributed by atoms with Crippen molar-refractivity contribution in [2.45, 2.75) is 13.8 Å². The Morgan fingerprint density at radius 2 is 1.52 bits per heavy atom. The molecule has 6 rings (SSSR count). The Labute approximate surface area is 250 Å². The molecule has 0 radical (unpaired) electrons. The number of para-hydroxylation sites is 1. The average Bonchev–Trinajstić information content (AvgIpc) is 3.28. The van der Waals surface area contributed by atoms with Crippen LogP contribution in [0.1, 0.15) is 52.6 Å². The van der Waals surface area contributed by atoms with Crippen molar-refractivity contribution in [2.24, 2.45) is 0 Å². The number of aromatic nitrogens is 1. The van der Waals surface area contributed by atoms with Crippen LogP contribution < -0.4 is 4.90 Å². The molecule has 2 heterocycles. The molecular formula is C34H23N3O7. The molecule has 0 saturated carbocycles. The number of benzene rings is 4. The Morgan fingerprint density at radius 3 is 2.18 bits per heavy atom. The third-order valence-corrected chi connectivity index (χ3v) is 7.54. The summed E-state index contributed by atoms with van der Waals surface area (Å²) in [4.78, 5) is 68.5. The van der Waals surface area contributed by atoms with Gasteiger partial charge in [-0.05, 0) is 49.7 Å². The lowest BCUT2D eigenvalue weighted by Crippen LogP contribution is -2.29. The summed E-state index contributed by atoms with van der Waals surface area (Å²) < 4.78 is 5.39. The second kappa shape index (κ2) is 11.0. The zero-order valence-corrected chi connectivity index (χ0v) is 23.6. The Morgan fingerprint density at radius 1 is 0.841 bits per heavy atom. The van der Waals surface area contributed by atoms with Gasteiger partial charge in [0.2, 0.25) is 5.78 Å². The van der Waals surface area contributed by atoms with Gasteiger partial charge in [-0.1, -0.05) is 54.6 Å². The molecule has 0 fully saturated rings. The SMILES string of the molecule is Cc1ccc(C(=O)COC(=O)c2cc(-c3ccc(N4C(=O)c5ccccc5C4=O)cc3)nc3c(C)cccc23)cc1[N+](=O)[O-]. The summed E-state index contributed by atoms with van der Waals surface area (Å²) in [7, 11) is 0. The smallest absolute Gasteiger partial charge is 0.339 e. The number of Topliss-reactive ketones (excluding diaryl/α,β-unsaturated/α-hetero) is 1. The Balaban J connectivity index is 1.29. The lowest BCUT2D eigenvalue weighted by Gasteiger charge is -2.15. The molecule has 10 nitrogen and oxygen atoms in total. The number of ketones is 1. The van der Waals surface area contributed by atoms with Crippen molar-refractivity contribution in [3.8, 4) is 11.3 Å². The first kappa shape index (κ1) is 28.1. The van der Waals surface area contributed by atoms with Gasteiger partial charge in [0.15, 0.2) is 6.61 Å². The van der Waals surface area contributed by atoms with Crippen LogP contribution in [-0.4, -0.2) is 40.1 Å². The number of imide groups is 1. The molecule has 1 aliphatic heterocycles. The van der Waals surface area contributed by atoms with E-state index in [1.54, 1.807) is 73.7 Å². The first-order valence-electron chi connectivity index (χ1n) is 13.6. The maximum atomic E-state index is 13.3. The number of carbonyl (C=O) groups is 4. The van der Waals surface area contributed by atoms with E-state index in [4.69, 9.17) is 9.72 Å². The maximum Gasteiger partial charge on any atom is 0.339 e. The average molecular weight is 586 g/mol. The zero-order valence-electron chi connectivity index (χ0n) is 23.6. The fourth-order valence-corrected chi connectivity index (χ4v) is 5.19. The number of hydrogen-bond acceptors (Lipinski definition) is 8. The highest BCUT2D eigenvalue weighted by molar-refractivity contribution is 6.34. The standard InChI is InChI=1S/C34H23N3O7/c1-19-10-11-22(16-29(19)37(42)43)30(38)18-44-34(41)27-17-28(35-31-20(2)6-5-9-24(27)31)21-12-14-23(15-13-21)36-32(39)25-7-3-4-8-26(25)33(36)40/h3-17H,18H2,1-2H3. The minimum Gasteiger partial charge on any atom is -0.454 e. The van der Waals surface area contributed by atoms with E-state index in [1.807, 2.05) is 13.0 Å². The van der Waals surface area contributed by atoms with Crippen molar-refractivity contribution in [3.05, 3.63) is 134 Å². The summed E-state index contributed by atoms with van der Waals surface area (Å²) in [5.41, 5.74) is 3.96. The van der Waals surface area contributed by atoms with Crippen LogP contribution in [0, 0.1) is 24.0 Å². The molecule has 10 heteroatoms. The third kappa shape index (κ3) is 4.88. The van der Waals surface area contributed by atoms with Gasteiger partial charge in [0.25, 0.3) is 17.5 Å². The number of nitrogens with zero attached hydrogens (tertiary/aromatic N) is 3. The number of hydrogen-bond donors (Lipinski definition) is 0. The molecule has 1 aromatic heterocycles.